The molecule has 226 valence electrons. The van der Waals surface area contributed by atoms with E-state index in [2.05, 4.69) is 29.2 Å². The van der Waals surface area contributed by atoms with Crippen molar-refractivity contribution in [3.63, 3.8) is 0 Å². The Morgan fingerprint density at radius 3 is 2.33 bits per heavy atom. The number of fused-ring (bicyclic) bond motifs is 1. The van der Waals surface area contributed by atoms with E-state index in [1.165, 1.54) is 24.9 Å². The van der Waals surface area contributed by atoms with E-state index in [0.717, 1.165) is 52.7 Å². The first-order valence-electron chi connectivity index (χ1n) is 15.3. The fraction of sp³-hybridized carbons (Fsp3) is 0.400. The number of amides is 1. The van der Waals surface area contributed by atoms with E-state index in [9.17, 15) is 9.59 Å². The van der Waals surface area contributed by atoms with Crippen LogP contribution in [0.2, 0.25) is 0 Å². The molecular weight excluding hydrogens is 556 g/mol. The minimum Gasteiger partial charge on any atom is -0.459 e. The van der Waals surface area contributed by atoms with Crippen LogP contribution >= 0.6 is 11.8 Å². The molecule has 0 atom stereocenters. The number of imidazole rings is 1. The molecule has 43 heavy (non-hydrogen) atoms. The van der Waals surface area contributed by atoms with Crippen LogP contribution in [0.25, 0.3) is 11.0 Å². The number of aromatic nitrogens is 2. The van der Waals surface area contributed by atoms with Crippen LogP contribution in [0.4, 0.5) is 11.4 Å². The van der Waals surface area contributed by atoms with Crippen molar-refractivity contribution in [2.75, 3.05) is 35.2 Å². The van der Waals surface area contributed by atoms with Crippen molar-refractivity contribution >= 4 is 46.0 Å². The van der Waals surface area contributed by atoms with Crippen molar-refractivity contribution in [1.82, 2.24) is 9.55 Å². The summed E-state index contributed by atoms with van der Waals surface area (Å²) >= 11 is 1.61. The van der Waals surface area contributed by atoms with Gasteiger partial charge in [0.25, 0.3) is 0 Å². The summed E-state index contributed by atoms with van der Waals surface area (Å²) < 4.78 is 7.54. The van der Waals surface area contributed by atoms with E-state index in [0.29, 0.717) is 13.0 Å². The third-order valence-electron chi connectivity index (χ3n) is 7.47. The fourth-order valence-electron chi connectivity index (χ4n) is 5.46. The molecule has 0 saturated carbocycles. The number of nitrogens with zero attached hydrogens (tertiary/aromatic N) is 4. The van der Waals surface area contributed by atoms with E-state index in [1.54, 1.807) is 11.8 Å². The van der Waals surface area contributed by atoms with Gasteiger partial charge in [0.2, 0.25) is 5.91 Å². The maximum absolute atomic E-state index is 13.6. The first kappa shape index (κ1) is 30.7. The number of thioether (sulfide) groups is 1. The summed E-state index contributed by atoms with van der Waals surface area (Å²) in [5, 5.41) is 0.778. The van der Waals surface area contributed by atoms with E-state index >= 15 is 0 Å². The molecular formula is C35H42N4O3S. The smallest absolute Gasteiger partial charge is 0.326 e. The van der Waals surface area contributed by atoms with Crippen molar-refractivity contribution in [3.05, 3.63) is 84.4 Å². The minimum absolute atomic E-state index is 0.0825. The molecule has 4 aromatic rings. The molecule has 8 heteroatoms. The van der Waals surface area contributed by atoms with Crippen LogP contribution in [0.1, 0.15) is 52.0 Å². The highest BCUT2D eigenvalue weighted by molar-refractivity contribution is 7.99. The van der Waals surface area contributed by atoms with Crippen LogP contribution in [0, 0.1) is 0 Å². The number of hydrogen-bond donors (Lipinski definition) is 0. The average Bonchev–Trinajstić information content (AvgIpc) is 3.34. The molecule has 1 fully saturated rings. The summed E-state index contributed by atoms with van der Waals surface area (Å²) in [6.45, 7) is 8.49. The molecule has 1 amide bonds. The first-order valence-corrected chi connectivity index (χ1v) is 16.2. The highest BCUT2D eigenvalue weighted by atomic mass is 32.2. The zero-order chi connectivity index (χ0) is 30.2. The standard InChI is InChI=1S/C35H42N4O3S/c1-35(2,3)42-33(41)26-39-31-16-9-8-15-30(31)36-34(39)43-24-12-23-38(32(40)25-27-13-6-4-7-14-27)29-19-17-28(18-20-29)37-21-10-5-11-22-37/h4,6-9,13-20H,5,10-12,21-26H2,1-3H3. The lowest BCUT2D eigenvalue weighted by Crippen LogP contribution is -2.34. The molecule has 1 aliphatic rings. The predicted molar refractivity (Wildman–Crippen MR) is 176 cm³/mol. The second-order valence-corrected chi connectivity index (χ2v) is 13.1. The van der Waals surface area contributed by atoms with E-state index in [1.807, 2.05) is 84.8 Å². The molecule has 3 aromatic carbocycles. The van der Waals surface area contributed by atoms with E-state index in [4.69, 9.17) is 9.72 Å². The quantitative estimate of drug-likeness (QED) is 0.104. The first-order chi connectivity index (χ1) is 20.8. The monoisotopic (exact) mass is 598 g/mol. The summed E-state index contributed by atoms with van der Waals surface area (Å²) in [5.74, 6) is 0.542. The Morgan fingerprint density at radius 2 is 1.60 bits per heavy atom. The van der Waals surface area contributed by atoms with Crippen molar-refractivity contribution in [3.8, 4) is 0 Å². The number of benzene rings is 3. The fourth-order valence-corrected chi connectivity index (χ4v) is 6.40. The molecule has 0 aliphatic carbocycles. The number of hydrogen-bond acceptors (Lipinski definition) is 6. The van der Waals surface area contributed by atoms with Gasteiger partial charge in [-0.1, -0.05) is 54.2 Å². The minimum atomic E-state index is -0.553. The van der Waals surface area contributed by atoms with Gasteiger partial charge < -0.3 is 19.1 Å². The molecule has 0 spiro atoms. The summed E-state index contributed by atoms with van der Waals surface area (Å²) in [5.41, 5.74) is 4.35. The van der Waals surface area contributed by atoms with Crippen molar-refractivity contribution in [2.45, 2.75) is 70.2 Å². The molecule has 0 radical (unpaired) electrons. The lowest BCUT2D eigenvalue weighted by molar-refractivity contribution is -0.155. The summed E-state index contributed by atoms with van der Waals surface area (Å²) in [4.78, 5) is 35.5. The molecule has 1 aromatic heterocycles. The lowest BCUT2D eigenvalue weighted by Gasteiger charge is -2.29. The van der Waals surface area contributed by atoms with Crippen LogP contribution < -0.4 is 9.80 Å². The van der Waals surface area contributed by atoms with Gasteiger partial charge in [-0.2, -0.15) is 0 Å². The molecule has 1 saturated heterocycles. The molecule has 7 nitrogen and oxygen atoms in total. The normalized spacial score (nSPS) is 13.7. The van der Waals surface area contributed by atoms with Crippen LogP contribution in [-0.2, 0) is 27.3 Å². The zero-order valence-electron chi connectivity index (χ0n) is 25.5. The van der Waals surface area contributed by atoms with Gasteiger partial charge in [-0.25, -0.2) is 4.98 Å². The Morgan fingerprint density at radius 1 is 0.907 bits per heavy atom. The number of carbonyl (C=O) groups excluding carboxylic acids is 2. The predicted octanol–water partition coefficient (Wildman–Crippen LogP) is 7.13. The number of rotatable bonds is 11. The second-order valence-electron chi connectivity index (χ2n) is 12.0. The van der Waals surface area contributed by atoms with Crippen LogP contribution in [0.15, 0.2) is 84.0 Å². The summed E-state index contributed by atoms with van der Waals surface area (Å²) in [6, 6.07) is 26.2. The third kappa shape index (κ3) is 8.41. The van der Waals surface area contributed by atoms with Crippen molar-refractivity contribution < 1.29 is 14.3 Å². The Labute approximate surface area is 259 Å². The number of carbonyl (C=O) groups is 2. The van der Waals surface area contributed by atoms with Gasteiger partial charge in [0.15, 0.2) is 5.16 Å². The van der Waals surface area contributed by atoms with Crippen LogP contribution in [-0.4, -0.2) is 52.4 Å². The van der Waals surface area contributed by atoms with Gasteiger partial charge in [-0.05, 0) is 88.4 Å². The number of ether oxygens (including phenoxy) is 1. The van der Waals surface area contributed by atoms with Crippen molar-refractivity contribution in [2.24, 2.45) is 0 Å². The van der Waals surface area contributed by atoms with Crippen LogP contribution in [0.3, 0.4) is 0 Å². The Kier molecular flexibility index (Phi) is 10.1. The van der Waals surface area contributed by atoms with Gasteiger partial charge in [0.05, 0.1) is 17.5 Å². The topological polar surface area (TPSA) is 67.7 Å². The third-order valence-corrected chi connectivity index (χ3v) is 8.53. The van der Waals surface area contributed by atoms with Crippen molar-refractivity contribution in [1.29, 1.82) is 0 Å². The second kappa shape index (κ2) is 14.1. The van der Waals surface area contributed by atoms with Gasteiger partial charge in [-0.3, -0.25) is 9.59 Å². The van der Waals surface area contributed by atoms with Gasteiger partial charge in [0, 0.05) is 36.8 Å². The zero-order valence-corrected chi connectivity index (χ0v) is 26.3. The van der Waals surface area contributed by atoms with E-state index < -0.39 is 5.60 Å². The summed E-state index contributed by atoms with van der Waals surface area (Å²) in [6.07, 6.45) is 4.88. The lowest BCUT2D eigenvalue weighted by atomic mass is 10.1. The number of esters is 1. The average molecular weight is 599 g/mol. The SMILES string of the molecule is CC(C)(C)OC(=O)Cn1c(SCCCN(C(=O)Cc2ccccc2)c2ccc(N3CCCCC3)cc2)nc2ccccc21. The molecule has 2 heterocycles. The molecule has 0 unspecified atom stereocenters. The maximum Gasteiger partial charge on any atom is 0.326 e. The molecule has 1 aliphatic heterocycles. The highest BCUT2D eigenvalue weighted by Crippen LogP contribution is 2.27. The van der Waals surface area contributed by atoms with Crippen LogP contribution in [0.5, 0.6) is 0 Å². The van der Waals surface area contributed by atoms with Gasteiger partial charge in [0.1, 0.15) is 12.1 Å². The number of anilines is 2. The Hall–Kier alpha value is -3.78. The summed E-state index contributed by atoms with van der Waals surface area (Å²) in [7, 11) is 0. The Bertz CT molecular complexity index is 1510. The van der Waals surface area contributed by atoms with Gasteiger partial charge >= 0.3 is 5.97 Å². The number of para-hydroxylation sites is 2. The van der Waals surface area contributed by atoms with Gasteiger partial charge in [-0.15, -0.1) is 0 Å². The highest BCUT2D eigenvalue weighted by Gasteiger charge is 2.21. The molecule has 0 N–H and O–H groups in total. The molecule has 5 rings (SSSR count). The van der Waals surface area contributed by atoms with E-state index in [-0.39, 0.29) is 18.4 Å². The number of piperidine rings is 1. The Balaban J connectivity index is 1.28. The maximum atomic E-state index is 13.6. The largest absolute Gasteiger partial charge is 0.459 e. The molecule has 0 bridgehead atoms.